The first-order valence-corrected chi connectivity index (χ1v) is 13.5. The molecule has 2 aliphatic heterocycles. The van der Waals surface area contributed by atoms with Gasteiger partial charge in [0.2, 0.25) is 17.8 Å². The van der Waals surface area contributed by atoms with Crippen molar-refractivity contribution in [1.29, 1.82) is 0 Å². The van der Waals surface area contributed by atoms with E-state index in [9.17, 15) is 18.8 Å². The van der Waals surface area contributed by atoms with Crippen molar-refractivity contribution in [3.8, 4) is 11.3 Å². The van der Waals surface area contributed by atoms with Gasteiger partial charge < -0.3 is 20.3 Å². The van der Waals surface area contributed by atoms with Crippen LogP contribution in [0.2, 0.25) is 0 Å². The second-order valence-electron chi connectivity index (χ2n) is 11.0. The van der Waals surface area contributed by atoms with Crippen LogP contribution in [0.25, 0.3) is 11.3 Å². The number of halogens is 1. The Hall–Kier alpha value is -3.87. The van der Waals surface area contributed by atoms with E-state index in [1.807, 2.05) is 4.90 Å². The van der Waals surface area contributed by atoms with E-state index in [1.165, 1.54) is 24.1 Å². The number of likely N-dealkylation sites (tertiary alicyclic amines) is 1. The number of piperidine rings is 1. The van der Waals surface area contributed by atoms with E-state index < -0.39 is 17.7 Å². The molecule has 2 N–H and O–H groups in total. The third-order valence-corrected chi connectivity index (χ3v) is 6.85. The molecule has 0 radical (unpaired) electrons. The minimum atomic E-state index is -0.721. The average molecular weight is 557 g/mol. The first kappa shape index (κ1) is 29.1. The van der Waals surface area contributed by atoms with Gasteiger partial charge in [0.15, 0.2) is 0 Å². The summed E-state index contributed by atoms with van der Waals surface area (Å²) in [5.74, 6) is -0.246. The second kappa shape index (κ2) is 12.5. The van der Waals surface area contributed by atoms with Gasteiger partial charge in [0.05, 0.1) is 18.4 Å². The normalized spacial score (nSPS) is 20.1. The fourth-order valence-corrected chi connectivity index (χ4v) is 4.82. The summed E-state index contributed by atoms with van der Waals surface area (Å²) in [6, 6.07) is 5.11. The molecule has 0 unspecified atom stereocenters. The average Bonchev–Trinajstić information content (AvgIpc) is 2.92. The minimum Gasteiger partial charge on any atom is -0.444 e. The monoisotopic (exact) mass is 556 g/mol. The highest BCUT2D eigenvalue weighted by Crippen LogP contribution is 2.22. The van der Waals surface area contributed by atoms with Crippen molar-refractivity contribution in [2.24, 2.45) is 0 Å². The third-order valence-electron chi connectivity index (χ3n) is 6.85. The summed E-state index contributed by atoms with van der Waals surface area (Å²) in [4.78, 5) is 48.2. The summed E-state index contributed by atoms with van der Waals surface area (Å²) in [5, 5.41) is 13.9. The molecule has 1 aromatic heterocycles. The lowest BCUT2D eigenvalue weighted by Crippen LogP contribution is -2.58. The molecule has 2 aliphatic rings. The van der Waals surface area contributed by atoms with Gasteiger partial charge >= 0.3 is 6.09 Å². The van der Waals surface area contributed by atoms with Crippen molar-refractivity contribution in [1.82, 2.24) is 35.6 Å². The van der Waals surface area contributed by atoms with Gasteiger partial charge in [-0.05, 0) is 57.9 Å². The summed E-state index contributed by atoms with van der Waals surface area (Å²) in [6.07, 6.45) is 1.85. The topological polar surface area (TPSA) is 133 Å². The van der Waals surface area contributed by atoms with Crippen LogP contribution in [-0.2, 0) is 14.3 Å². The molecule has 13 heteroatoms. The number of hydrogen-bond acceptors (Lipinski definition) is 9. The predicted molar refractivity (Wildman–Crippen MR) is 146 cm³/mol. The lowest BCUT2D eigenvalue weighted by Gasteiger charge is -2.39. The van der Waals surface area contributed by atoms with Crippen LogP contribution in [-0.4, -0.2) is 107 Å². The Morgan fingerprint density at radius 3 is 2.42 bits per heavy atom. The Bertz CT molecular complexity index is 1200. The molecule has 4 rings (SSSR count). The number of piperazine rings is 1. The zero-order valence-corrected chi connectivity index (χ0v) is 23.4. The van der Waals surface area contributed by atoms with Crippen LogP contribution in [0.5, 0.6) is 0 Å². The number of ether oxygens (including phenoxy) is 1. The molecule has 40 heavy (non-hydrogen) atoms. The summed E-state index contributed by atoms with van der Waals surface area (Å²) < 4.78 is 18.7. The van der Waals surface area contributed by atoms with Crippen LogP contribution in [0.3, 0.4) is 0 Å². The first-order valence-electron chi connectivity index (χ1n) is 13.5. The fraction of sp³-hybridized carbons (Fsp3) is 0.556. The summed E-state index contributed by atoms with van der Waals surface area (Å²) in [5.41, 5.74) is 0.691. The molecule has 2 aromatic rings. The maximum atomic E-state index is 13.3. The molecule has 0 spiro atoms. The van der Waals surface area contributed by atoms with Gasteiger partial charge in [-0.25, -0.2) is 14.2 Å². The molecule has 2 fully saturated rings. The molecular formula is C27H37FN8O4. The highest BCUT2D eigenvalue weighted by atomic mass is 19.1. The Balaban J connectivity index is 1.27. The van der Waals surface area contributed by atoms with Gasteiger partial charge in [-0.3, -0.25) is 19.4 Å². The lowest BCUT2D eigenvalue weighted by molar-refractivity contribution is -0.129. The molecule has 1 aromatic carbocycles. The van der Waals surface area contributed by atoms with Crippen molar-refractivity contribution in [2.45, 2.75) is 51.3 Å². The van der Waals surface area contributed by atoms with Gasteiger partial charge in [0.1, 0.15) is 17.5 Å². The molecular weight excluding hydrogens is 519 g/mol. The number of carbonyl (C=O) groups excluding carboxylic acids is 3. The van der Waals surface area contributed by atoms with Gasteiger partial charge in [-0.1, -0.05) is 0 Å². The molecule has 2 atom stereocenters. The van der Waals surface area contributed by atoms with Crippen LogP contribution in [0.4, 0.5) is 15.1 Å². The van der Waals surface area contributed by atoms with Crippen LogP contribution in [0.15, 0.2) is 30.5 Å². The van der Waals surface area contributed by atoms with Crippen molar-refractivity contribution in [2.75, 3.05) is 51.2 Å². The highest BCUT2D eigenvalue weighted by Gasteiger charge is 2.38. The van der Waals surface area contributed by atoms with Crippen LogP contribution in [0, 0.1) is 5.82 Å². The van der Waals surface area contributed by atoms with E-state index in [-0.39, 0.29) is 30.2 Å². The fourth-order valence-electron chi connectivity index (χ4n) is 4.82. The molecule has 0 aliphatic carbocycles. The molecule has 0 saturated carbocycles. The highest BCUT2D eigenvalue weighted by molar-refractivity contribution is 5.86. The number of likely N-dealkylation sites (N-methyl/N-ethyl adjacent to an activating group) is 1. The van der Waals surface area contributed by atoms with E-state index >= 15 is 0 Å². The first-order chi connectivity index (χ1) is 19.0. The Kier molecular flexibility index (Phi) is 9.13. The number of anilines is 1. The zero-order valence-electron chi connectivity index (χ0n) is 23.4. The number of carbonyl (C=O) groups is 3. The Morgan fingerprint density at radius 2 is 1.77 bits per heavy atom. The molecule has 2 saturated heterocycles. The summed E-state index contributed by atoms with van der Waals surface area (Å²) >= 11 is 0. The van der Waals surface area contributed by atoms with E-state index in [0.29, 0.717) is 57.2 Å². The number of rotatable bonds is 6. The van der Waals surface area contributed by atoms with Crippen molar-refractivity contribution in [3.63, 3.8) is 0 Å². The number of amides is 3. The number of benzene rings is 1. The molecule has 3 heterocycles. The molecule has 0 bridgehead atoms. The molecule has 3 amide bonds. The zero-order chi connectivity index (χ0) is 28.9. The van der Waals surface area contributed by atoms with E-state index in [0.717, 1.165) is 5.56 Å². The minimum absolute atomic E-state index is 0.129. The quantitative estimate of drug-likeness (QED) is 0.542. The number of hydrogen-bond donors (Lipinski definition) is 2. The number of aromatic nitrogens is 3. The summed E-state index contributed by atoms with van der Waals surface area (Å²) in [6.45, 7) is 8.38. The van der Waals surface area contributed by atoms with Crippen molar-refractivity contribution < 1.29 is 23.5 Å². The van der Waals surface area contributed by atoms with Gasteiger partial charge in [-0.2, -0.15) is 5.10 Å². The lowest BCUT2D eigenvalue weighted by atomic mass is 9.96. The summed E-state index contributed by atoms with van der Waals surface area (Å²) in [7, 11) is 1.53. The largest absolute Gasteiger partial charge is 0.444 e. The van der Waals surface area contributed by atoms with Crippen molar-refractivity contribution in [3.05, 3.63) is 36.3 Å². The van der Waals surface area contributed by atoms with Crippen LogP contribution < -0.4 is 15.5 Å². The van der Waals surface area contributed by atoms with E-state index in [2.05, 4.69) is 30.7 Å². The predicted octanol–water partition coefficient (Wildman–Crippen LogP) is 1.43. The standard InChI is InChI=1S/C27H37FN8O4/c1-27(2,3)40-26(39)36-10-9-20(15-22(36)24(38)29-4)31-23(37)17-34-11-13-35(14-12-34)25-32-21(16-30-33-25)18-5-7-19(28)8-6-18/h5-8,16,20,22H,9-15,17H2,1-4H3,(H,29,38)(H,31,37)/t20-,22+/m0/s1. The number of nitrogens with one attached hydrogen (secondary N) is 2. The van der Waals surface area contributed by atoms with Gasteiger partial charge in [-0.15, -0.1) is 5.10 Å². The molecule has 12 nitrogen and oxygen atoms in total. The van der Waals surface area contributed by atoms with Gasteiger partial charge in [0.25, 0.3) is 0 Å². The van der Waals surface area contributed by atoms with Crippen LogP contribution in [0.1, 0.15) is 33.6 Å². The van der Waals surface area contributed by atoms with Crippen molar-refractivity contribution >= 4 is 23.9 Å². The third kappa shape index (κ3) is 7.62. The van der Waals surface area contributed by atoms with Gasteiger partial charge in [0, 0.05) is 51.4 Å². The maximum Gasteiger partial charge on any atom is 0.410 e. The second-order valence-corrected chi connectivity index (χ2v) is 11.0. The Labute approximate surface area is 233 Å². The van der Waals surface area contributed by atoms with Crippen LogP contribution >= 0.6 is 0 Å². The van der Waals surface area contributed by atoms with E-state index in [1.54, 1.807) is 39.1 Å². The number of nitrogens with zero attached hydrogens (tertiary/aromatic N) is 6. The smallest absolute Gasteiger partial charge is 0.410 e. The Morgan fingerprint density at radius 1 is 1.07 bits per heavy atom. The molecule has 216 valence electrons. The SMILES string of the molecule is CNC(=O)[C@H]1C[C@@H](NC(=O)CN2CCN(c3nncc(-c4ccc(F)cc4)n3)CC2)CCN1C(=O)OC(C)(C)C. The maximum absolute atomic E-state index is 13.3. The van der Waals surface area contributed by atoms with E-state index in [4.69, 9.17) is 4.74 Å².